The van der Waals surface area contributed by atoms with Crippen molar-refractivity contribution in [2.75, 3.05) is 12.4 Å². The van der Waals surface area contributed by atoms with Crippen LogP contribution in [0.15, 0.2) is 0 Å². The molecule has 0 spiro atoms. The van der Waals surface area contributed by atoms with E-state index in [1.54, 1.807) is 41.7 Å². The Morgan fingerprint density at radius 1 is 1.10 bits per heavy atom. The van der Waals surface area contributed by atoms with Crippen molar-refractivity contribution in [2.45, 2.75) is 47.1 Å². The molecule has 3 N–H and O–H groups in total. The molecule has 0 aliphatic heterocycles. The van der Waals surface area contributed by atoms with E-state index in [2.05, 4.69) is 5.32 Å². The van der Waals surface area contributed by atoms with E-state index >= 15 is 0 Å². The molecular weight excluding hydrogens is 269 g/mol. The van der Waals surface area contributed by atoms with E-state index in [-0.39, 0.29) is 0 Å². The van der Waals surface area contributed by atoms with E-state index in [0.717, 1.165) is 11.1 Å². The number of nitrogens with one attached hydrogen (secondary N) is 1. The first-order valence-electron chi connectivity index (χ1n) is 6.92. The predicted octanol–water partition coefficient (Wildman–Crippen LogP) is 1.29. The molecule has 0 radical (unpaired) electrons. The highest BCUT2D eigenvalue weighted by Gasteiger charge is 2.29. The Morgan fingerprint density at radius 3 is 2.00 bits per heavy atom. The van der Waals surface area contributed by atoms with Crippen LogP contribution in [0.2, 0.25) is 0 Å². The van der Waals surface area contributed by atoms with Crippen LogP contribution < -0.4 is 10.8 Å². The molecule has 5 nitrogen and oxygen atoms in total. The Kier molecular flexibility index (Phi) is 5.07. The lowest BCUT2D eigenvalue weighted by atomic mass is 9.71. The van der Waals surface area contributed by atoms with Crippen molar-refractivity contribution in [2.24, 2.45) is 0 Å². The maximum atomic E-state index is 12.4. The zero-order chi connectivity index (χ0) is 16.5. The lowest BCUT2D eigenvalue weighted by Gasteiger charge is -2.24. The van der Waals surface area contributed by atoms with Crippen LogP contribution in [0.25, 0.3) is 0 Å². The lowest BCUT2D eigenvalue weighted by molar-refractivity contribution is 0.00682. The molecule has 0 bridgehead atoms. The number of esters is 1. The monoisotopic (exact) mass is 293 g/mol. The van der Waals surface area contributed by atoms with Gasteiger partial charge in [0, 0.05) is 12.7 Å². The second kappa shape index (κ2) is 6.07. The molecule has 1 aromatic rings. The van der Waals surface area contributed by atoms with Gasteiger partial charge in [0.05, 0.1) is 5.56 Å². The van der Waals surface area contributed by atoms with E-state index in [1.807, 2.05) is 6.92 Å². The molecule has 0 amide bonds. The standard InChI is InChI=1S/C15H24BNO4/c1-8-11(14(18)21-15(4,5)6)9(2)13(17-7)10(3)12(8)16(19)20/h17,19-20H,1-7H3. The van der Waals surface area contributed by atoms with E-state index in [4.69, 9.17) is 4.74 Å². The summed E-state index contributed by atoms with van der Waals surface area (Å²) in [5, 5.41) is 22.2. The van der Waals surface area contributed by atoms with E-state index in [1.165, 1.54) is 0 Å². The van der Waals surface area contributed by atoms with Gasteiger partial charge in [-0.05, 0) is 63.7 Å². The second-order valence-electron chi connectivity index (χ2n) is 6.16. The van der Waals surface area contributed by atoms with Gasteiger partial charge >= 0.3 is 13.1 Å². The smallest absolute Gasteiger partial charge is 0.456 e. The van der Waals surface area contributed by atoms with Gasteiger partial charge in [0.15, 0.2) is 0 Å². The summed E-state index contributed by atoms with van der Waals surface area (Å²) in [7, 11) is 0.0933. The molecule has 0 aliphatic rings. The minimum absolute atomic E-state index is 0.339. The first-order valence-corrected chi connectivity index (χ1v) is 6.92. The Bertz CT molecular complexity index is 562. The number of hydrogen-bond acceptors (Lipinski definition) is 5. The van der Waals surface area contributed by atoms with Gasteiger partial charge in [-0.1, -0.05) is 0 Å². The third-order valence-corrected chi connectivity index (χ3v) is 3.42. The van der Waals surface area contributed by atoms with Gasteiger partial charge in [-0.3, -0.25) is 0 Å². The molecule has 0 atom stereocenters. The summed E-state index contributed by atoms with van der Waals surface area (Å²) in [6.07, 6.45) is 0. The number of carbonyl (C=O) groups excluding carboxylic acids is 1. The summed E-state index contributed by atoms with van der Waals surface area (Å²) >= 11 is 0. The van der Waals surface area contributed by atoms with Gasteiger partial charge in [0.2, 0.25) is 0 Å². The summed E-state index contributed by atoms with van der Waals surface area (Å²) in [6.45, 7) is 10.7. The quantitative estimate of drug-likeness (QED) is 0.578. The van der Waals surface area contributed by atoms with Crippen molar-refractivity contribution in [3.05, 3.63) is 22.3 Å². The van der Waals surface area contributed by atoms with Crippen molar-refractivity contribution < 1.29 is 19.6 Å². The largest absolute Gasteiger partial charge is 0.489 e. The number of carbonyl (C=O) groups is 1. The van der Waals surface area contributed by atoms with Crippen molar-refractivity contribution >= 4 is 24.2 Å². The molecule has 21 heavy (non-hydrogen) atoms. The summed E-state index contributed by atoms with van der Waals surface area (Å²) < 4.78 is 5.43. The molecule has 0 heterocycles. The van der Waals surface area contributed by atoms with Gasteiger partial charge in [-0.2, -0.15) is 0 Å². The number of ether oxygens (including phenoxy) is 1. The molecule has 0 aromatic heterocycles. The zero-order valence-corrected chi connectivity index (χ0v) is 13.8. The molecular formula is C15H24BNO4. The molecule has 0 saturated heterocycles. The molecule has 116 valence electrons. The highest BCUT2D eigenvalue weighted by Crippen LogP contribution is 2.27. The Labute approximate surface area is 126 Å². The maximum Gasteiger partial charge on any atom is 0.489 e. The molecule has 1 rings (SSSR count). The Morgan fingerprint density at radius 2 is 1.62 bits per heavy atom. The predicted molar refractivity (Wildman–Crippen MR) is 85.2 cm³/mol. The topological polar surface area (TPSA) is 78.8 Å². The number of benzene rings is 1. The first-order chi connectivity index (χ1) is 9.51. The number of rotatable bonds is 3. The van der Waals surface area contributed by atoms with Gasteiger partial charge < -0.3 is 20.1 Å². The van der Waals surface area contributed by atoms with Crippen LogP contribution in [-0.2, 0) is 4.74 Å². The fraction of sp³-hybridized carbons (Fsp3) is 0.533. The van der Waals surface area contributed by atoms with Crippen molar-refractivity contribution in [1.29, 1.82) is 0 Å². The summed E-state index contributed by atoms with van der Waals surface area (Å²) in [5.41, 5.74) is 2.81. The maximum absolute atomic E-state index is 12.4. The molecule has 0 fully saturated rings. The zero-order valence-electron chi connectivity index (χ0n) is 13.8. The summed E-state index contributed by atoms with van der Waals surface area (Å²) in [4.78, 5) is 12.4. The lowest BCUT2D eigenvalue weighted by Crippen LogP contribution is -2.37. The third kappa shape index (κ3) is 3.57. The summed E-state index contributed by atoms with van der Waals surface area (Å²) in [5.74, 6) is -0.462. The Balaban J connectivity index is 3.59. The molecule has 0 saturated carbocycles. The van der Waals surface area contributed by atoms with Crippen LogP contribution in [0.4, 0.5) is 5.69 Å². The molecule has 0 aliphatic carbocycles. The van der Waals surface area contributed by atoms with Crippen LogP contribution in [0, 0.1) is 20.8 Å². The Hall–Kier alpha value is -1.53. The minimum atomic E-state index is -1.64. The van der Waals surface area contributed by atoms with Crippen LogP contribution in [-0.4, -0.2) is 35.8 Å². The minimum Gasteiger partial charge on any atom is -0.456 e. The van der Waals surface area contributed by atoms with Crippen LogP contribution in [0.5, 0.6) is 0 Å². The van der Waals surface area contributed by atoms with Crippen molar-refractivity contribution in [3.63, 3.8) is 0 Å². The number of anilines is 1. The van der Waals surface area contributed by atoms with Gasteiger partial charge in [0.25, 0.3) is 0 Å². The third-order valence-electron chi connectivity index (χ3n) is 3.42. The van der Waals surface area contributed by atoms with Crippen LogP contribution in [0.1, 0.15) is 47.8 Å². The average Bonchev–Trinajstić information content (AvgIpc) is 2.25. The SMILES string of the molecule is CNc1c(C)c(B(O)O)c(C)c(C(=O)OC(C)(C)C)c1C. The fourth-order valence-corrected chi connectivity index (χ4v) is 2.64. The van der Waals surface area contributed by atoms with E-state index in [0.29, 0.717) is 22.3 Å². The van der Waals surface area contributed by atoms with Crippen molar-refractivity contribution in [3.8, 4) is 0 Å². The first kappa shape index (κ1) is 17.5. The van der Waals surface area contributed by atoms with E-state index < -0.39 is 18.7 Å². The van der Waals surface area contributed by atoms with Gasteiger partial charge in [-0.25, -0.2) is 4.79 Å². The van der Waals surface area contributed by atoms with Crippen LogP contribution >= 0.6 is 0 Å². The number of hydrogen-bond donors (Lipinski definition) is 3. The molecule has 0 unspecified atom stereocenters. The molecule has 1 aromatic carbocycles. The average molecular weight is 293 g/mol. The normalized spacial score (nSPS) is 11.3. The van der Waals surface area contributed by atoms with E-state index in [9.17, 15) is 14.8 Å². The fourth-order valence-electron chi connectivity index (χ4n) is 2.64. The highest BCUT2D eigenvalue weighted by molar-refractivity contribution is 6.60. The second-order valence-corrected chi connectivity index (χ2v) is 6.16. The van der Waals surface area contributed by atoms with Gasteiger partial charge in [0.1, 0.15) is 5.60 Å². The highest BCUT2D eigenvalue weighted by atomic mass is 16.6. The summed E-state index contributed by atoms with van der Waals surface area (Å²) in [6, 6.07) is 0. The van der Waals surface area contributed by atoms with Crippen LogP contribution in [0.3, 0.4) is 0 Å². The van der Waals surface area contributed by atoms with Gasteiger partial charge in [-0.15, -0.1) is 0 Å². The van der Waals surface area contributed by atoms with Crippen molar-refractivity contribution in [1.82, 2.24) is 0 Å². The molecule has 6 heteroatoms.